The summed E-state index contributed by atoms with van der Waals surface area (Å²) in [6, 6.07) is 9.31. The molecule has 168 valence electrons. The fourth-order valence-electron chi connectivity index (χ4n) is 4.66. The number of Topliss-reactive ketones (excluding diaryl/α,β-unsaturated/α-hetero) is 1. The SMILES string of the molecule is Cc1nc(-c2cccnc2)sc1C(=O)CCC1(c2ccc(C(F)(F)F)cc2)CCCCC1. The average Bonchev–Trinajstić information content (AvgIpc) is 3.20. The summed E-state index contributed by atoms with van der Waals surface area (Å²) in [5, 5.41) is 0.772. The number of thiazole rings is 1. The van der Waals surface area contributed by atoms with Gasteiger partial charge in [0.05, 0.1) is 16.1 Å². The van der Waals surface area contributed by atoms with E-state index < -0.39 is 11.7 Å². The lowest BCUT2D eigenvalue weighted by Gasteiger charge is -2.38. The number of nitrogens with zero attached hydrogens (tertiary/aromatic N) is 2. The van der Waals surface area contributed by atoms with Gasteiger partial charge in [0, 0.05) is 24.4 Å². The maximum atomic E-state index is 13.1. The molecule has 3 aromatic rings. The number of aromatic nitrogens is 2. The highest BCUT2D eigenvalue weighted by Gasteiger charge is 2.36. The van der Waals surface area contributed by atoms with Crippen LogP contribution in [0.25, 0.3) is 10.6 Å². The van der Waals surface area contributed by atoms with Gasteiger partial charge in [0.25, 0.3) is 0 Å². The van der Waals surface area contributed by atoms with E-state index in [1.165, 1.54) is 23.5 Å². The highest BCUT2D eigenvalue weighted by Crippen LogP contribution is 2.44. The molecular formula is C25H25F3N2OS. The number of carbonyl (C=O) groups is 1. The van der Waals surface area contributed by atoms with Crippen LogP contribution in [0, 0.1) is 6.92 Å². The Balaban J connectivity index is 1.53. The Labute approximate surface area is 189 Å². The van der Waals surface area contributed by atoms with Crippen LogP contribution in [0.2, 0.25) is 0 Å². The fourth-order valence-corrected chi connectivity index (χ4v) is 5.68. The van der Waals surface area contributed by atoms with Crippen molar-refractivity contribution in [1.29, 1.82) is 0 Å². The molecule has 0 unspecified atom stereocenters. The molecule has 0 N–H and O–H groups in total. The van der Waals surface area contributed by atoms with E-state index in [4.69, 9.17) is 0 Å². The van der Waals surface area contributed by atoms with E-state index in [-0.39, 0.29) is 11.2 Å². The average molecular weight is 459 g/mol. The number of rotatable bonds is 6. The van der Waals surface area contributed by atoms with E-state index in [0.717, 1.165) is 48.2 Å². The Bertz CT molecular complexity index is 1070. The molecule has 1 fully saturated rings. The Kier molecular flexibility index (Phi) is 6.47. The first-order valence-corrected chi connectivity index (χ1v) is 11.7. The largest absolute Gasteiger partial charge is 0.416 e. The van der Waals surface area contributed by atoms with Crippen molar-refractivity contribution in [3.63, 3.8) is 0 Å². The number of hydrogen-bond acceptors (Lipinski definition) is 4. The Morgan fingerprint density at radius 3 is 2.44 bits per heavy atom. The molecule has 2 heterocycles. The van der Waals surface area contributed by atoms with Crippen LogP contribution in [-0.2, 0) is 11.6 Å². The van der Waals surface area contributed by atoms with Crippen molar-refractivity contribution in [1.82, 2.24) is 9.97 Å². The van der Waals surface area contributed by atoms with Gasteiger partial charge in [-0.1, -0.05) is 31.4 Å². The Morgan fingerprint density at radius 1 is 1.09 bits per heavy atom. The normalized spacial score (nSPS) is 16.1. The Morgan fingerprint density at radius 2 is 1.81 bits per heavy atom. The van der Waals surface area contributed by atoms with Gasteiger partial charge in [0.15, 0.2) is 5.78 Å². The van der Waals surface area contributed by atoms with Crippen molar-refractivity contribution in [2.75, 3.05) is 0 Å². The quantitative estimate of drug-likeness (QED) is 0.362. The number of carbonyl (C=O) groups excluding carboxylic acids is 1. The topological polar surface area (TPSA) is 42.9 Å². The van der Waals surface area contributed by atoms with E-state index in [1.54, 1.807) is 24.5 Å². The maximum absolute atomic E-state index is 13.1. The van der Waals surface area contributed by atoms with Crippen molar-refractivity contribution < 1.29 is 18.0 Å². The molecule has 0 atom stereocenters. The summed E-state index contributed by atoms with van der Waals surface area (Å²) in [5.74, 6) is 0.0481. The van der Waals surface area contributed by atoms with Gasteiger partial charge in [0.1, 0.15) is 5.01 Å². The molecule has 0 aliphatic heterocycles. The van der Waals surface area contributed by atoms with Gasteiger partial charge >= 0.3 is 6.18 Å². The molecule has 4 rings (SSSR count). The predicted octanol–water partition coefficient (Wildman–Crippen LogP) is 7.40. The van der Waals surface area contributed by atoms with E-state index in [9.17, 15) is 18.0 Å². The minimum Gasteiger partial charge on any atom is -0.293 e. The number of hydrogen-bond donors (Lipinski definition) is 0. The number of benzene rings is 1. The van der Waals surface area contributed by atoms with Crippen molar-refractivity contribution in [2.24, 2.45) is 0 Å². The van der Waals surface area contributed by atoms with Crippen molar-refractivity contribution in [3.05, 3.63) is 70.5 Å². The summed E-state index contributed by atoms with van der Waals surface area (Å²) in [6.45, 7) is 1.84. The number of alkyl halides is 3. The molecule has 0 bridgehead atoms. The van der Waals surface area contributed by atoms with Crippen LogP contribution in [0.1, 0.15) is 71.4 Å². The fraction of sp³-hybridized carbons (Fsp3) is 0.400. The van der Waals surface area contributed by atoms with E-state index in [0.29, 0.717) is 23.4 Å². The van der Waals surface area contributed by atoms with Crippen molar-refractivity contribution in [3.8, 4) is 10.6 Å². The first-order chi connectivity index (χ1) is 15.3. The first kappa shape index (κ1) is 22.6. The van der Waals surface area contributed by atoms with E-state index in [1.807, 2.05) is 19.1 Å². The standard InChI is InChI=1S/C25H25F3N2OS/c1-17-22(32-23(30-17)18-6-5-15-29-16-18)21(31)11-14-24(12-3-2-4-13-24)19-7-9-20(10-8-19)25(26,27)28/h5-10,15-16H,2-4,11-14H2,1H3. The van der Waals surface area contributed by atoms with Gasteiger partial charge in [-0.25, -0.2) is 4.98 Å². The molecule has 0 amide bonds. The molecule has 1 saturated carbocycles. The van der Waals surface area contributed by atoms with Gasteiger partial charge < -0.3 is 0 Å². The monoisotopic (exact) mass is 458 g/mol. The zero-order valence-corrected chi connectivity index (χ0v) is 18.7. The van der Waals surface area contributed by atoms with Gasteiger partial charge in [-0.2, -0.15) is 13.2 Å². The van der Waals surface area contributed by atoms with Crippen LogP contribution in [0.15, 0.2) is 48.8 Å². The van der Waals surface area contributed by atoms with Gasteiger partial charge in [-0.15, -0.1) is 11.3 Å². The van der Waals surface area contributed by atoms with Gasteiger partial charge in [0.2, 0.25) is 0 Å². The predicted molar refractivity (Wildman–Crippen MR) is 120 cm³/mol. The zero-order chi connectivity index (χ0) is 22.8. The van der Waals surface area contributed by atoms with Gasteiger partial charge in [-0.3, -0.25) is 9.78 Å². The van der Waals surface area contributed by atoms with Crippen LogP contribution in [0.5, 0.6) is 0 Å². The number of aryl methyl sites for hydroxylation is 1. The minimum atomic E-state index is -4.34. The molecule has 1 aliphatic rings. The molecule has 1 aromatic carbocycles. The second-order valence-electron chi connectivity index (χ2n) is 8.51. The lowest BCUT2D eigenvalue weighted by atomic mass is 9.66. The van der Waals surface area contributed by atoms with E-state index >= 15 is 0 Å². The smallest absolute Gasteiger partial charge is 0.293 e. The molecular weight excluding hydrogens is 433 g/mol. The zero-order valence-electron chi connectivity index (χ0n) is 17.9. The Hall–Kier alpha value is -2.54. The number of ketones is 1. The summed E-state index contributed by atoms with van der Waals surface area (Å²) in [4.78, 5) is 22.4. The summed E-state index contributed by atoms with van der Waals surface area (Å²) in [5.41, 5.74) is 1.63. The summed E-state index contributed by atoms with van der Waals surface area (Å²) in [6.07, 6.45) is 5.05. The molecule has 1 aliphatic carbocycles. The third-order valence-corrected chi connectivity index (χ3v) is 7.67. The molecule has 0 radical (unpaired) electrons. The lowest BCUT2D eigenvalue weighted by Crippen LogP contribution is -2.30. The first-order valence-electron chi connectivity index (χ1n) is 10.9. The lowest BCUT2D eigenvalue weighted by molar-refractivity contribution is -0.137. The highest BCUT2D eigenvalue weighted by molar-refractivity contribution is 7.17. The summed E-state index contributed by atoms with van der Waals surface area (Å²) in [7, 11) is 0. The van der Waals surface area contributed by atoms with Crippen molar-refractivity contribution >= 4 is 17.1 Å². The third kappa shape index (κ3) is 4.77. The second-order valence-corrected chi connectivity index (χ2v) is 9.51. The van der Waals surface area contributed by atoms with Crippen LogP contribution >= 0.6 is 11.3 Å². The van der Waals surface area contributed by atoms with Gasteiger partial charge in [-0.05, 0) is 61.4 Å². The highest BCUT2D eigenvalue weighted by atomic mass is 32.1. The third-order valence-electron chi connectivity index (χ3n) is 6.42. The molecule has 0 saturated heterocycles. The number of halogens is 3. The van der Waals surface area contributed by atoms with Crippen LogP contribution in [0.3, 0.4) is 0 Å². The molecule has 0 spiro atoms. The summed E-state index contributed by atoms with van der Waals surface area (Å²) >= 11 is 1.38. The molecule has 2 aromatic heterocycles. The second kappa shape index (κ2) is 9.14. The molecule has 3 nitrogen and oxygen atoms in total. The summed E-state index contributed by atoms with van der Waals surface area (Å²) < 4.78 is 39.0. The molecule has 7 heteroatoms. The maximum Gasteiger partial charge on any atom is 0.416 e. The van der Waals surface area contributed by atoms with E-state index in [2.05, 4.69) is 9.97 Å². The molecule has 32 heavy (non-hydrogen) atoms. The minimum absolute atomic E-state index is 0.0481. The van der Waals surface area contributed by atoms with Crippen LogP contribution < -0.4 is 0 Å². The van der Waals surface area contributed by atoms with Crippen LogP contribution in [0.4, 0.5) is 13.2 Å². The number of pyridine rings is 1. The van der Waals surface area contributed by atoms with Crippen molar-refractivity contribution in [2.45, 2.75) is 63.5 Å². The van der Waals surface area contributed by atoms with Crippen LogP contribution in [-0.4, -0.2) is 15.8 Å².